The van der Waals surface area contributed by atoms with Gasteiger partial charge in [-0.25, -0.2) is 4.79 Å². The van der Waals surface area contributed by atoms with Gasteiger partial charge in [0.05, 0.1) is 0 Å². The Kier molecular flexibility index (Phi) is 7.36. The van der Waals surface area contributed by atoms with Gasteiger partial charge in [-0.1, -0.05) is 43.3 Å². The number of carbonyl (C=O) groups excluding carboxylic acids is 2. The molecule has 0 aliphatic carbocycles. The first-order chi connectivity index (χ1) is 13.8. The average Bonchev–Trinajstić information content (AvgIpc) is 2.68. The van der Waals surface area contributed by atoms with Crippen molar-refractivity contribution >= 4 is 23.6 Å². The first kappa shape index (κ1) is 21.9. The van der Waals surface area contributed by atoms with Gasteiger partial charge in [0.1, 0.15) is 5.41 Å². The zero-order valence-corrected chi connectivity index (χ0v) is 16.9. The van der Waals surface area contributed by atoms with Crippen LogP contribution >= 0.6 is 0 Å². The second-order valence-electron chi connectivity index (χ2n) is 7.12. The second kappa shape index (κ2) is 9.73. The number of benzene rings is 2. The summed E-state index contributed by atoms with van der Waals surface area (Å²) in [4.78, 5) is 36.5. The molecule has 2 aromatic carbocycles. The van der Waals surface area contributed by atoms with Gasteiger partial charge in [0.15, 0.2) is 0 Å². The number of nitrogens with one attached hydrogen (secondary N) is 3. The monoisotopic (exact) mass is 397 g/mol. The van der Waals surface area contributed by atoms with Crippen LogP contribution in [0.2, 0.25) is 0 Å². The molecule has 0 bridgehead atoms. The molecule has 0 fully saturated rings. The number of aliphatic carboxylic acids is 1. The highest BCUT2D eigenvalue weighted by atomic mass is 16.4. The van der Waals surface area contributed by atoms with E-state index in [1.165, 1.54) is 0 Å². The Hall–Kier alpha value is -3.35. The van der Waals surface area contributed by atoms with Gasteiger partial charge in [0, 0.05) is 23.8 Å². The van der Waals surface area contributed by atoms with E-state index in [9.17, 15) is 19.5 Å². The molecule has 4 N–H and O–H groups in total. The lowest BCUT2D eigenvalue weighted by Gasteiger charge is -2.29. The number of hydrogen-bond donors (Lipinski definition) is 4. The van der Waals surface area contributed by atoms with E-state index in [1.807, 2.05) is 19.9 Å². The Morgan fingerprint density at radius 2 is 1.72 bits per heavy atom. The van der Waals surface area contributed by atoms with Gasteiger partial charge in [-0.2, -0.15) is 0 Å². The molecule has 154 valence electrons. The summed E-state index contributed by atoms with van der Waals surface area (Å²) < 4.78 is 0. The third kappa shape index (κ3) is 5.57. The first-order valence-corrected chi connectivity index (χ1v) is 9.53. The van der Waals surface area contributed by atoms with Gasteiger partial charge in [0.2, 0.25) is 0 Å². The fraction of sp³-hybridized carbons (Fsp3) is 0.318. The molecule has 0 saturated carbocycles. The third-order valence-corrected chi connectivity index (χ3v) is 4.69. The highest BCUT2D eigenvalue weighted by Gasteiger charge is 2.39. The quantitative estimate of drug-likeness (QED) is 0.548. The molecule has 1 unspecified atom stereocenters. The molecule has 7 heteroatoms. The van der Waals surface area contributed by atoms with Crippen LogP contribution in [0.3, 0.4) is 0 Å². The van der Waals surface area contributed by atoms with Crippen molar-refractivity contribution < 1.29 is 19.5 Å². The fourth-order valence-corrected chi connectivity index (χ4v) is 3.04. The number of hydrogen-bond acceptors (Lipinski definition) is 3. The largest absolute Gasteiger partial charge is 0.481 e. The van der Waals surface area contributed by atoms with Gasteiger partial charge < -0.3 is 21.1 Å². The lowest BCUT2D eigenvalue weighted by molar-refractivity contribution is -0.143. The van der Waals surface area contributed by atoms with Gasteiger partial charge in [-0.3, -0.25) is 9.59 Å². The molecule has 7 nitrogen and oxygen atoms in total. The summed E-state index contributed by atoms with van der Waals surface area (Å²) in [5, 5.41) is 18.0. The fourth-order valence-electron chi connectivity index (χ4n) is 3.04. The minimum absolute atomic E-state index is 0.0161. The second-order valence-corrected chi connectivity index (χ2v) is 7.12. The van der Waals surface area contributed by atoms with Crippen molar-refractivity contribution in [2.75, 3.05) is 11.9 Å². The van der Waals surface area contributed by atoms with Crippen LogP contribution in [0.4, 0.5) is 10.5 Å². The Morgan fingerprint density at radius 3 is 2.31 bits per heavy atom. The summed E-state index contributed by atoms with van der Waals surface area (Å²) >= 11 is 0. The molecule has 1 atom stereocenters. The van der Waals surface area contributed by atoms with Gasteiger partial charge in [0.25, 0.3) is 5.91 Å². The predicted octanol–water partition coefficient (Wildman–Crippen LogP) is 3.38. The summed E-state index contributed by atoms with van der Waals surface area (Å²) in [6.45, 7) is 5.43. The average molecular weight is 397 g/mol. The van der Waals surface area contributed by atoms with Crippen LogP contribution in [0.15, 0.2) is 54.6 Å². The summed E-state index contributed by atoms with van der Waals surface area (Å²) in [6, 6.07) is 15.0. The molecule has 0 aromatic heterocycles. The van der Waals surface area contributed by atoms with Crippen LogP contribution in [0.1, 0.15) is 43.1 Å². The van der Waals surface area contributed by atoms with Crippen molar-refractivity contribution in [1.29, 1.82) is 0 Å². The zero-order chi connectivity index (χ0) is 21.4. The maximum atomic E-state index is 12.6. The number of amides is 3. The van der Waals surface area contributed by atoms with Gasteiger partial charge in [-0.15, -0.1) is 0 Å². The van der Waals surface area contributed by atoms with Gasteiger partial charge in [-0.05, 0) is 44.0 Å². The minimum atomic E-state index is -1.22. The van der Waals surface area contributed by atoms with Crippen LogP contribution in [-0.4, -0.2) is 35.6 Å². The van der Waals surface area contributed by atoms with E-state index in [2.05, 4.69) is 16.0 Å². The van der Waals surface area contributed by atoms with Crippen molar-refractivity contribution in [2.45, 2.75) is 38.6 Å². The number of urea groups is 1. The summed E-state index contributed by atoms with van der Waals surface area (Å²) in [6.07, 6.45) is 0.323. The normalized spacial score (nSPS) is 12.7. The molecular weight excluding hydrogens is 370 g/mol. The molecule has 3 amide bonds. The Labute approximate surface area is 170 Å². The molecule has 0 radical (unpaired) electrons. The van der Waals surface area contributed by atoms with Crippen LogP contribution in [0, 0.1) is 0 Å². The van der Waals surface area contributed by atoms with Crippen molar-refractivity contribution in [2.24, 2.45) is 0 Å². The smallest absolute Gasteiger partial charge is 0.319 e. The van der Waals surface area contributed by atoms with Crippen molar-refractivity contribution in [3.05, 3.63) is 65.7 Å². The number of carboxylic acid groups (broad SMARTS) is 1. The van der Waals surface area contributed by atoms with Crippen LogP contribution < -0.4 is 16.0 Å². The summed E-state index contributed by atoms with van der Waals surface area (Å²) in [5.74, 6) is -1.40. The maximum absolute atomic E-state index is 12.6. The standard InChI is InChI=1S/C22H27N3O4/c1-4-22(20(27)28,17-10-6-5-7-11-17)14-23-19(26)16-9-8-12-18(13-16)25-21(29)24-15(2)3/h5-13,15H,4,14H2,1-3H3,(H,23,26)(H,27,28)(H2,24,25,29). The molecule has 0 saturated heterocycles. The zero-order valence-electron chi connectivity index (χ0n) is 16.9. The molecular formula is C22H27N3O4. The lowest BCUT2D eigenvalue weighted by Crippen LogP contribution is -2.46. The molecule has 0 aliphatic rings. The van der Waals surface area contributed by atoms with Crippen LogP contribution in [0.25, 0.3) is 0 Å². The van der Waals surface area contributed by atoms with Gasteiger partial charge >= 0.3 is 12.0 Å². The molecule has 2 aromatic rings. The van der Waals surface area contributed by atoms with Crippen LogP contribution in [0.5, 0.6) is 0 Å². The Bertz CT molecular complexity index is 867. The van der Waals surface area contributed by atoms with Crippen LogP contribution in [-0.2, 0) is 10.2 Å². The van der Waals surface area contributed by atoms with E-state index in [0.717, 1.165) is 0 Å². The molecule has 0 spiro atoms. The molecule has 29 heavy (non-hydrogen) atoms. The maximum Gasteiger partial charge on any atom is 0.319 e. The molecule has 0 aliphatic heterocycles. The van der Waals surface area contributed by atoms with Crippen molar-refractivity contribution in [3.63, 3.8) is 0 Å². The molecule has 0 heterocycles. The number of anilines is 1. The third-order valence-electron chi connectivity index (χ3n) is 4.69. The lowest BCUT2D eigenvalue weighted by atomic mass is 9.78. The summed E-state index contributed by atoms with van der Waals surface area (Å²) in [5.41, 5.74) is 0.218. The SMILES string of the molecule is CCC(CNC(=O)c1cccc(NC(=O)NC(C)C)c1)(C(=O)O)c1ccccc1. The molecule has 2 rings (SSSR count). The highest BCUT2D eigenvalue weighted by molar-refractivity contribution is 5.97. The van der Waals surface area contributed by atoms with E-state index in [4.69, 9.17) is 0 Å². The predicted molar refractivity (Wildman–Crippen MR) is 112 cm³/mol. The minimum Gasteiger partial charge on any atom is -0.481 e. The van der Waals surface area contributed by atoms with E-state index in [0.29, 0.717) is 23.2 Å². The number of rotatable bonds is 8. The van der Waals surface area contributed by atoms with E-state index < -0.39 is 17.3 Å². The number of carbonyl (C=O) groups is 3. The summed E-state index contributed by atoms with van der Waals surface area (Å²) in [7, 11) is 0. The van der Waals surface area contributed by atoms with E-state index in [-0.39, 0.29) is 18.6 Å². The highest BCUT2D eigenvalue weighted by Crippen LogP contribution is 2.28. The van der Waals surface area contributed by atoms with E-state index >= 15 is 0 Å². The van der Waals surface area contributed by atoms with E-state index in [1.54, 1.807) is 55.5 Å². The topological polar surface area (TPSA) is 108 Å². The Morgan fingerprint density at radius 1 is 1.03 bits per heavy atom. The van der Waals surface area contributed by atoms with Crippen molar-refractivity contribution in [3.8, 4) is 0 Å². The first-order valence-electron chi connectivity index (χ1n) is 9.53. The number of carboxylic acids is 1. The van der Waals surface area contributed by atoms with Crippen molar-refractivity contribution in [1.82, 2.24) is 10.6 Å². The Balaban J connectivity index is 2.14.